The molecular weight excluding hydrogens is 508 g/mol. The topological polar surface area (TPSA) is 163 Å². The number of carbonyl (C=O) groups excluding carboxylic acids is 2. The van der Waals surface area contributed by atoms with E-state index in [2.05, 4.69) is 0 Å². The largest absolute Gasteiger partial charge is 0.458 e. The van der Waals surface area contributed by atoms with Crippen LogP contribution in [-0.4, -0.2) is 92.9 Å². The lowest BCUT2D eigenvalue weighted by molar-refractivity contribution is -0.309. The van der Waals surface area contributed by atoms with Gasteiger partial charge in [-0.3, -0.25) is 0 Å². The van der Waals surface area contributed by atoms with Crippen LogP contribution in [0.4, 0.5) is 0 Å². The van der Waals surface area contributed by atoms with Crippen LogP contribution in [0.15, 0.2) is 11.6 Å². The van der Waals surface area contributed by atoms with Gasteiger partial charge in [0, 0.05) is 29.2 Å². The molecule has 5 fully saturated rings. The number of carbonyl (C=O) groups is 2. The summed E-state index contributed by atoms with van der Waals surface area (Å²) in [6.45, 7) is 3.80. The lowest BCUT2D eigenvalue weighted by atomic mass is 9.43. The summed E-state index contributed by atoms with van der Waals surface area (Å²) in [6, 6.07) is 0. The normalized spacial score (nSPS) is 55.2. The zero-order valence-electron chi connectivity index (χ0n) is 22.6. The summed E-state index contributed by atoms with van der Waals surface area (Å²) in [5, 5.41) is 54.1. The van der Waals surface area contributed by atoms with Crippen LogP contribution < -0.4 is 0 Å². The number of aldehydes is 1. The van der Waals surface area contributed by atoms with Gasteiger partial charge < -0.3 is 44.5 Å². The Balaban J connectivity index is 1.21. The molecule has 6 aliphatic rings. The van der Waals surface area contributed by atoms with Crippen molar-refractivity contribution in [3.8, 4) is 0 Å². The first-order chi connectivity index (χ1) is 18.4. The summed E-state index contributed by atoms with van der Waals surface area (Å²) in [5.74, 6) is -0.892. The van der Waals surface area contributed by atoms with Crippen molar-refractivity contribution in [2.75, 3.05) is 6.61 Å². The van der Waals surface area contributed by atoms with Gasteiger partial charge in [-0.1, -0.05) is 6.92 Å². The molecule has 5 N–H and O–H groups in total. The molecule has 10 nitrogen and oxygen atoms in total. The fraction of sp³-hybridized carbons (Fsp3) is 0.862. The molecule has 0 aromatic rings. The van der Waals surface area contributed by atoms with E-state index in [4.69, 9.17) is 14.2 Å². The van der Waals surface area contributed by atoms with Crippen LogP contribution in [0, 0.1) is 34.5 Å². The molecule has 0 unspecified atom stereocenters. The number of aliphatic hydroxyl groups excluding tert-OH is 4. The van der Waals surface area contributed by atoms with Gasteiger partial charge in [0.15, 0.2) is 6.29 Å². The highest BCUT2D eigenvalue weighted by Gasteiger charge is 2.70. The Hall–Kier alpha value is -1.40. The molecule has 218 valence electrons. The molecule has 1 saturated heterocycles. The average molecular weight is 551 g/mol. The van der Waals surface area contributed by atoms with E-state index in [9.17, 15) is 35.1 Å². The second-order valence-corrected chi connectivity index (χ2v) is 13.4. The van der Waals surface area contributed by atoms with Crippen molar-refractivity contribution in [1.29, 1.82) is 0 Å². The zero-order valence-corrected chi connectivity index (χ0v) is 22.6. The van der Waals surface area contributed by atoms with Crippen LogP contribution in [0.3, 0.4) is 0 Å². The number of rotatable bonds is 4. The van der Waals surface area contributed by atoms with E-state index in [-0.39, 0.29) is 42.8 Å². The molecule has 4 aliphatic carbocycles. The number of ether oxygens (including phenoxy) is 3. The van der Waals surface area contributed by atoms with E-state index in [0.29, 0.717) is 25.7 Å². The summed E-state index contributed by atoms with van der Waals surface area (Å²) in [7, 11) is 0. The second kappa shape index (κ2) is 9.58. The van der Waals surface area contributed by atoms with E-state index < -0.39 is 59.2 Å². The van der Waals surface area contributed by atoms with Crippen LogP contribution in [0.2, 0.25) is 0 Å². The number of esters is 1. The first-order valence-electron chi connectivity index (χ1n) is 14.5. The standard InChI is InChI=1S/C29H42O10/c1-14-23(33)24(34)25(35)26(38-14)39-17-5-8-28(13-30)16(10-17)3-4-19-18(28)6-7-27(2)22(15-9-21(32)37-12-15)20(31)11-29(19,27)36/h9,13-14,16-20,22-26,31,33-36H,3-8,10-12H2,1-2H3/t14-,16-,17+,18+,19-,20+,22+,23+,24+,25-,26-,27-,28-,29+/m1/s1. The number of hydrogen-bond donors (Lipinski definition) is 5. The fourth-order valence-corrected chi connectivity index (χ4v) is 9.82. The summed E-state index contributed by atoms with van der Waals surface area (Å²) in [5.41, 5.74) is -1.64. The smallest absolute Gasteiger partial charge is 0.331 e. The van der Waals surface area contributed by atoms with Gasteiger partial charge in [0.25, 0.3) is 0 Å². The van der Waals surface area contributed by atoms with E-state index in [1.54, 1.807) is 6.92 Å². The van der Waals surface area contributed by atoms with Gasteiger partial charge in [0.2, 0.25) is 0 Å². The maximum Gasteiger partial charge on any atom is 0.331 e. The Bertz CT molecular complexity index is 1030. The van der Waals surface area contributed by atoms with E-state index >= 15 is 0 Å². The Morgan fingerprint density at radius 1 is 1.03 bits per heavy atom. The Kier molecular flexibility index (Phi) is 6.81. The van der Waals surface area contributed by atoms with Crippen LogP contribution in [0.1, 0.15) is 65.2 Å². The monoisotopic (exact) mass is 550 g/mol. The first kappa shape index (κ1) is 27.8. The molecule has 0 aromatic heterocycles. The Morgan fingerprint density at radius 2 is 1.79 bits per heavy atom. The molecular formula is C29H42O10. The van der Waals surface area contributed by atoms with Gasteiger partial charge in [-0.25, -0.2) is 4.79 Å². The molecule has 0 bridgehead atoms. The quantitative estimate of drug-likeness (QED) is 0.190. The molecule has 0 spiro atoms. The molecule has 2 heterocycles. The van der Waals surface area contributed by atoms with E-state index in [1.807, 2.05) is 6.92 Å². The highest BCUT2D eigenvalue weighted by molar-refractivity contribution is 5.85. The van der Waals surface area contributed by atoms with Gasteiger partial charge in [-0.05, 0) is 75.2 Å². The maximum atomic E-state index is 12.9. The van der Waals surface area contributed by atoms with E-state index in [0.717, 1.165) is 31.1 Å². The number of hydrogen-bond acceptors (Lipinski definition) is 10. The van der Waals surface area contributed by atoms with Gasteiger partial charge >= 0.3 is 5.97 Å². The highest BCUT2D eigenvalue weighted by Crippen LogP contribution is 2.69. The van der Waals surface area contributed by atoms with Crippen molar-refractivity contribution in [2.24, 2.45) is 34.5 Å². The second-order valence-electron chi connectivity index (χ2n) is 13.4. The predicted molar refractivity (Wildman–Crippen MR) is 135 cm³/mol. The Labute approximate surface area is 228 Å². The zero-order chi connectivity index (χ0) is 27.9. The highest BCUT2D eigenvalue weighted by atomic mass is 16.7. The molecule has 4 saturated carbocycles. The van der Waals surface area contributed by atoms with Crippen molar-refractivity contribution in [1.82, 2.24) is 0 Å². The number of cyclic esters (lactones) is 1. The van der Waals surface area contributed by atoms with Crippen molar-refractivity contribution >= 4 is 12.3 Å². The molecule has 14 atom stereocenters. The SMILES string of the molecule is C[C@H]1O[C@H](O[C@H]2CC[C@@]3(C=O)[C@H](CC[C@@H]4[C@@H]3CC[C@]3(C)[C@@H](C5=CC(=O)OC5)[C@@H](O)C[C@]43O)C2)[C@H](O)[C@@H](O)[C@H]1O. The minimum Gasteiger partial charge on any atom is -0.458 e. The van der Waals surface area contributed by atoms with Crippen molar-refractivity contribution in [3.05, 3.63) is 11.6 Å². The molecule has 6 rings (SSSR count). The van der Waals surface area contributed by atoms with Crippen molar-refractivity contribution in [2.45, 2.75) is 114 Å². The fourth-order valence-electron chi connectivity index (χ4n) is 9.82. The molecule has 39 heavy (non-hydrogen) atoms. The number of aliphatic hydroxyl groups is 5. The maximum absolute atomic E-state index is 12.9. The minimum absolute atomic E-state index is 0.0253. The predicted octanol–water partition coefficient (Wildman–Crippen LogP) is 0.606. The van der Waals surface area contributed by atoms with Crippen molar-refractivity contribution in [3.63, 3.8) is 0 Å². The van der Waals surface area contributed by atoms with Gasteiger partial charge in [-0.15, -0.1) is 0 Å². The molecule has 10 heteroatoms. The third-order valence-corrected chi connectivity index (χ3v) is 11.8. The average Bonchev–Trinajstić information content (AvgIpc) is 3.41. The minimum atomic E-state index is -1.37. The van der Waals surface area contributed by atoms with Gasteiger partial charge in [-0.2, -0.15) is 0 Å². The summed E-state index contributed by atoms with van der Waals surface area (Å²) in [6.07, 6.45) is 0.686. The number of fused-ring (bicyclic) bond motifs is 5. The van der Waals surface area contributed by atoms with Crippen molar-refractivity contribution < 1.29 is 49.3 Å². The summed E-state index contributed by atoms with van der Waals surface area (Å²) < 4.78 is 16.9. The summed E-state index contributed by atoms with van der Waals surface area (Å²) in [4.78, 5) is 24.7. The molecule has 2 aliphatic heterocycles. The van der Waals surface area contributed by atoms with Crippen LogP contribution in [0.25, 0.3) is 0 Å². The lowest BCUT2D eigenvalue weighted by Gasteiger charge is -2.63. The third-order valence-electron chi connectivity index (χ3n) is 11.8. The Morgan fingerprint density at radius 3 is 2.49 bits per heavy atom. The molecule has 0 amide bonds. The van der Waals surface area contributed by atoms with Crippen LogP contribution >= 0.6 is 0 Å². The lowest BCUT2D eigenvalue weighted by Crippen LogP contribution is -2.63. The van der Waals surface area contributed by atoms with Crippen LogP contribution in [0.5, 0.6) is 0 Å². The van der Waals surface area contributed by atoms with Gasteiger partial charge in [0.05, 0.1) is 23.9 Å². The molecule has 0 aromatic carbocycles. The first-order valence-corrected chi connectivity index (χ1v) is 14.5. The molecule has 0 radical (unpaired) electrons. The third kappa shape index (κ3) is 3.93. The van der Waals surface area contributed by atoms with Crippen LogP contribution in [-0.2, 0) is 23.8 Å². The van der Waals surface area contributed by atoms with E-state index in [1.165, 1.54) is 6.08 Å². The summed E-state index contributed by atoms with van der Waals surface area (Å²) >= 11 is 0. The van der Waals surface area contributed by atoms with Gasteiger partial charge in [0.1, 0.15) is 31.2 Å².